The molecule has 5 N–H and O–H groups in total. The number of nitrogens with zero attached hydrogens (tertiary/aromatic N) is 1. The largest absolute Gasteiger partial charge is 0.477 e. The molecule has 192 valence electrons. The van der Waals surface area contributed by atoms with Crippen molar-refractivity contribution in [3.8, 4) is 0 Å². The first-order valence-corrected chi connectivity index (χ1v) is 13.4. The topological polar surface area (TPSA) is 141 Å². The maximum absolute atomic E-state index is 12.0. The van der Waals surface area contributed by atoms with E-state index in [0.29, 0.717) is 24.8 Å². The Morgan fingerprint density at radius 3 is 2.51 bits per heavy atom. The number of hydrogen-bond donors (Lipinski definition) is 5. The molecule has 0 saturated carbocycles. The highest BCUT2D eigenvalue weighted by Crippen LogP contribution is 2.33. The Bertz CT molecular complexity index is 899. The van der Waals surface area contributed by atoms with E-state index in [9.17, 15) is 19.2 Å². The molecule has 3 rings (SSSR count). The van der Waals surface area contributed by atoms with Crippen LogP contribution in [0.5, 0.6) is 0 Å². The van der Waals surface area contributed by atoms with E-state index in [1.807, 2.05) is 11.8 Å². The number of fused-ring (bicyclic) bond motifs is 1. The Morgan fingerprint density at radius 2 is 1.77 bits per heavy atom. The Balaban J connectivity index is 1.13. The van der Waals surface area contributed by atoms with Gasteiger partial charge in [-0.25, -0.2) is 9.59 Å². The number of urea groups is 1. The number of pyridine rings is 1. The molecule has 0 aromatic carbocycles. The highest BCUT2D eigenvalue weighted by molar-refractivity contribution is 8.00. The molecule has 3 heterocycles. The fourth-order valence-corrected chi connectivity index (χ4v) is 5.93. The molecule has 2 aliphatic heterocycles. The average molecular weight is 507 g/mol. The van der Waals surface area contributed by atoms with Crippen LogP contribution in [0.3, 0.4) is 0 Å². The molecule has 1 aromatic heterocycles. The third kappa shape index (κ3) is 9.04. The van der Waals surface area contributed by atoms with E-state index in [-0.39, 0.29) is 42.0 Å². The van der Waals surface area contributed by atoms with Crippen LogP contribution in [-0.4, -0.2) is 65.1 Å². The summed E-state index contributed by atoms with van der Waals surface area (Å²) < 4.78 is 1.55. The van der Waals surface area contributed by atoms with E-state index < -0.39 is 5.97 Å². The average Bonchev–Trinajstić information content (AvgIpc) is 3.37. The zero-order chi connectivity index (χ0) is 25.0. The van der Waals surface area contributed by atoms with Crippen LogP contribution in [-0.2, 0) is 16.1 Å². The quantitative estimate of drug-likeness (QED) is 0.138. The lowest BCUT2D eigenvalue weighted by Gasteiger charge is -2.16. The van der Waals surface area contributed by atoms with E-state index >= 15 is 0 Å². The van der Waals surface area contributed by atoms with Gasteiger partial charge in [0.1, 0.15) is 5.56 Å². The molecular weight excluding hydrogens is 470 g/mol. The smallest absolute Gasteiger partial charge is 0.341 e. The molecule has 4 amide bonds. The number of carboxylic acids is 1. The summed E-state index contributed by atoms with van der Waals surface area (Å²) in [4.78, 5) is 46.4. The molecule has 0 aliphatic carbocycles. The van der Waals surface area contributed by atoms with Gasteiger partial charge < -0.3 is 26.4 Å². The predicted octanol–water partition coefficient (Wildman–Crippen LogP) is 1.19. The summed E-state index contributed by atoms with van der Waals surface area (Å²) in [5.74, 6) is -0.120. The number of hydrogen-bond acceptors (Lipinski definition) is 5. The van der Waals surface area contributed by atoms with Crippen molar-refractivity contribution in [2.45, 2.75) is 75.2 Å². The molecule has 35 heavy (non-hydrogen) atoms. The van der Waals surface area contributed by atoms with E-state index in [1.165, 1.54) is 12.3 Å². The van der Waals surface area contributed by atoms with Crippen LogP contribution in [0.2, 0.25) is 0 Å². The molecule has 0 unspecified atom stereocenters. The molecule has 0 radical (unpaired) electrons. The summed E-state index contributed by atoms with van der Waals surface area (Å²) in [6, 6.07) is 3.51. The normalized spacial score (nSPS) is 20.6. The summed E-state index contributed by atoms with van der Waals surface area (Å²) in [5.41, 5.74) is 0.145. The minimum absolute atomic E-state index is 0.0609. The van der Waals surface area contributed by atoms with Gasteiger partial charge in [-0.1, -0.05) is 19.3 Å². The molecule has 2 aliphatic rings. The number of carboxylic acid groups (broad SMARTS) is 1. The van der Waals surface area contributed by atoms with Crippen molar-refractivity contribution in [2.75, 3.05) is 18.8 Å². The molecule has 0 spiro atoms. The zero-order valence-electron chi connectivity index (χ0n) is 20.0. The number of rotatable bonds is 15. The Labute approximate surface area is 210 Å². The van der Waals surface area contributed by atoms with Crippen LogP contribution in [0.1, 0.15) is 61.7 Å². The van der Waals surface area contributed by atoms with Gasteiger partial charge in [-0.05, 0) is 31.7 Å². The second kappa shape index (κ2) is 13.9. The monoisotopic (exact) mass is 506 g/mol. The number of thioether (sulfide) groups is 1. The SMILES string of the molecule is O=C(CCCC[C@@H]1SC[C@@H]2NC(=O)N[C@@H]21)NCCCCCCNC(=O)C[n+]1cccc(C(=O)O)c1. The zero-order valence-corrected chi connectivity index (χ0v) is 20.8. The molecule has 0 bridgehead atoms. The molecule has 3 atom stereocenters. The third-order valence-electron chi connectivity index (χ3n) is 6.26. The van der Waals surface area contributed by atoms with Crippen molar-refractivity contribution in [3.63, 3.8) is 0 Å². The van der Waals surface area contributed by atoms with E-state index in [4.69, 9.17) is 5.11 Å². The summed E-state index contributed by atoms with van der Waals surface area (Å²) in [7, 11) is 0. The van der Waals surface area contributed by atoms with Gasteiger partial charge in [0, 0.05) is 36.6 Å². The highest BCUT2D eigenvalue weighted by atomic mass is 32.2. The molecule has 2 fully saturated rings. The van der Waals surface area contributed by atoms with Crippen molar-refractivity contribution in [3.05, 3.63) is 30.1 Å². The van der Waals surface area contributed by atoms with Crippen LogP contribution < -0.4 is 25.8 Å². The number of nitrogens with one attached hydrogen (secondary N) is 4. The Hall–Kier alpha value is -2.82. The number of amides is 4. The van der Waals surface area contributed by atoms with Gasteiger partial charge in [-0.2, -0.15) is 16.3 Å². The van der Waals surface area contributed by atoms with Gasteiger partial charge in [0.05, 0.1) is 12.1 Å². The van der Waals surface area contributed by atoms with Gasteiger partial charge in [-0.15, -0.1) is 0 Å². The lowest BCUT2D eigenvalue weighted by molar-refractivity contribution is -0.684. The van der Waals surface area contributed by atoms with Gasteiger partial charge in [-0.3, -0.25) is 9.59 Å². The van der Waals surface area contributed by atoms with Crippen LogP contribution in [0.25, 0.3) is 0 Å². The first-order valence-electron chi connectivity index (χ1n) is 12.4. The van der Waals surface area contributed by atoms with Crippen molar-refractivity contribution in [1.82, 2.24) is 21.3 Å². The van der Waals surface area contributed by atoms with Crippen molar-refractivity contribution >= 4 is 35.6 Å². The van der Waals surface area contributed by atoms with Crippen LogP contribution in [0.4, 0.5) is 4.79 Å². The van der Waals surface area contributed by atoms with Crippen molar-refractivity contribution in [2.24, 2.45) is 0 Å². The van der Waals surface area contributed by atoms with Gasteiger partial charge in [0.15, 0.2) is 12.4 Å². The fraction of sp³-hybridized carbons (Fsp3) is 0.625. The predicted molar refractivity (Wildman–Crippen MR) is 132 cm³/mol. The summed E-state index contributed by atoms with van der Waals surface area (Å²) in [6.45, 7) is 1.33. The second-order valence-corrected chi connectivity index (χ2v) is 10.3. The molecule has 10 nitrogen and oxygen atoms in total. The van der Waals surface area contributed by atoms with Gasteiger partial charge in [0.25, 0.3) is 5.91 Å². The lowest BCUT2D eigenvalue weighted by atomic mass is 10.0. The first-order chi connectivity index (χ1) is 16.9. The third-order valence-corrected chi connectivity index (χ3v) is 7.77. The standard InChI is InChI=1S/C24H35N5O5S/c30-20(10-4-3-9-19-22-18(16-35-19)27-24(34)28-22)25-11-5-1-2-6-12-26-21(31)15-29-13-7-8-17(14-29)23(32)33/h7-8,13-14,18-19,22H,1-6,9-12,15-16H2,(H4-,25,26,27,28,30,31,32,33,34)/p+1/t18-,19-,22-/m0/s1. The first kappa shape index (κ1) is 26.8. The van der Waals surface area contributed by atoms with Crippen molar-refractivity contribution < 1.29 is 28.9 Å². The minimum atomic E-state index is -1.02. The summed E-state index contributed by atoms with van der Waals surface area (Å²) in [5, 5.41) is 21.2. The summed E-state index contributed by atoms with van der Waals surface area (Å²) >= 11 is 1.90. The number of carbonyl (C=O) groups excluding carboxylic acids is 3. The fourth-order valence-electron chi connectivity index (χ4n) is 4.39. The second-order valence-electron chi connectivity index (χ2n) is 9.05. The van der Waals surface area contributed by atoms with Gasteiger partial charge >= 0.3 is 12.0 Å². The maximum Gasteiger partial charge on any atom is 0.341 e. The van der Waals surface area contributed by atoms with E-state index in [2.05, 4.69) is 21.3 Å². The number of aromatic nitrogens is 1. The molecule has 2 saturated heterocycles. The lowest BCUT2D eigenvalue weighted by Crippen LogP contribution is -2.43. The Kier molecular flexibility index (Phi) is 10.6. The summed E-state index contributed by atoms with van der Waals surface area (Å²) in [6.07, 6.45) is 10.2. The number of aromatic carboxylic acids is 1. The van der Waals surface area contributed by atoms with E-state index in [0.717, 1.165) is 50.7 Å². The Morgan fingerprint density at radius 1 is 1.03 bits per heavy atom. The van der Waals surface area contributed by atoms with Crippen LogP contribution >= 0.6 is 11.8 Å². The number of carbonyl (C=O) groups is 4. The van der Waals surface area contributed by atoms with Crippen LogP contribution in [0.15, 0.2) is 24.5 Å². The number of unbranched alkanes of at least 4 members (excludes halogenated alkanes) is 4. The van der Waals surface area contributed by atoms with Crippen molar-refractivity contribution in [1.29, 1.82) is 0 Å². The molecule has 11 heteroatoms. The minimum Gasteiger partial charge on any atom is -0.477 e. The van der Waals surface area contributed by atoms with E-state index in [1.54, 1.807) is 16.8 Å². The molecular formula is C24H36N5O5S+. The highest BCUT2D eigenvalue weighted by Gasteiger charge is 2.42. The maximum atomic E-state index is 12.0. The molecule has 1 aromatic rings. The van der Waals surface area contributed by atoms with Gasteiger partial charge in [0.2, 0.25) is 12.5 Å². The van der Waals surface area contributed by atoms with Crippen LogP contribution in [0, 0.1) is 0 Å².